The number of hydrogen-bond donors (Lipinski definition) is 1. The monoisotopic (exact) mass is 422 g/mol. The molecule has 0 saturated heterocycles. The molecular weight excluding hydrogens is 404 g/mol. The predicted octanol–water partition coefficient (Wildman–Crippen LogP) is 5.40. The Hall–Kier alpha value is -2.83. The summed E-state index contributed by atoms with van der Waals surface area (Å²) in [5, 5.41) is 8.86. The van der Waals surface area contributed by atoms with Gasteiger partial charge in [-0.3, -0.25) is 4.79 Å². The van der Waals surface area contributed by atoms with Gasteiger partial charge in [-0.05, 0) is 55.3 Å². The highest BCUT2D eigenvalue weighted by atomic mass is 35.5. The molecule has 2 aromatic carbocycles. The fourth-order valence-corrected chi connectivity index (χ4v) is 3.91. The number of aryl methyl sites for hydroxylation is 2. The second-order valence-corrected chi connectivity index (χ2v) is 8.14. The summed E-state index contributed by atoms with van der Waals surface area (Å²) in [6.07, 6.45) is 3.51. The van der Waals surface area contributed by atoms with Gasteiger partial charge in [0.2, 0.25) is 5.91 Å². The van der Waals surface area contributed by atoms with Crippen LogP contribution in [0.2, 0.25) is 5.02 Å². The minimum absolute atomic E-state index is 0.116. The maximum atomic E-state index is 12.3. The lowest BCUT2D eigenvalue weighted by Gasteiger charge is -2.05. The third kappa shape index (κ3) is 4.44. The average molecular weight is 423 g/mol. The van der Waals surface area contributed by atoms with Crippen LogP contribution in [0.4, 0.5) is 5.69 Å². The highest BCUT2D eigenvalue weighted by Gasteiger charge is 2.12. The fourth-order valence-electron chi connectivity index (χ4n) is 2.95. The molecule has 1 N–H and O–H groups in total. The van der Waals surface area contributed by atoms with Crippen molar-refractivity contribution in [1.82, 2.24) is 14.6 Å². The number of nitrogens with zero attached hydrogens (tertiary/aromatic N) is 3. The molecule has 0 bridgehead atoms. The van der Waals surface area contributed by atoms with E-state index in [0.717, 1.165) is 21.8 Å². The zero-order valence-corrected chi connectivity index (χ0v) is 17.6. The molecule has 0 atom stereocenters. The smallest absolute Gasteiger partial charge is 0.234 e. The molecule has 2 heterocycles. The molecular formula is C22H19ClN4OS. The minimum Gasteiger partial charge on any atom is -0.325 e. The number of fused-ring (bicyclic) bond motifs is 1. The molecule has 4 rings (SSSR count). The number of carbonyl (C=O) groups excluding carboxylic acids is 1. The zero-order valence-electron chi connectivity index (χ0n) is 16.0. The van der Waals surface area contributed by atoms with Gasteiger partial charge in [0.15, 0.2) is 0 Å². The molecule has 0 aliphatic rings. The van der Waals surface area contributed by atoms with E-state index in [0.29, 0.717) is 10.7 Å². The molecule has 0 aliphatic heterocycles. The standard InChI is InChI=1S/C22H19ClN4OS/c1-14-6-7-16(10-15(14)2)19-12-20-22(24-8-9-27(20)26-19)29-13-21(28)25-18-5-3-4-17(23)11-18/h3-12H,13H2,1-2H3,(H,25,28). The number of anilines is 1. The van der Waals surface area contributed by atoms with Gasteiger partial charge < -0.3 is 5.32 Å². The average Bonchev–Trinajstić information content (AvgIpc) is 3.13. The van der Waals surface area contributed by atoms with Crippen LogP contribution in [0.5, 0.6) is 0 Å². The predicted molar refractivity (Wildman–Crippen MR) is 119 cm³/mol. The molecule has 0 unspecified atom stereocenters. The van der Waals surface area contributed by atoms with Crippen LogP contribution in [0.3, 0.4) is 0 Å². The van der Waals surface area contributed by atoms with E-state index in [1.807, 2.05) is 12.3 Å². The summed E-state index contributed by atoms with van der Waals surface area (Å²) >= 11 is 7.34. The molecule has 2 aromatic heterocycles. The number of thioether (sulfide) groups is 1. The van der Waals surface area contributed by atoms with Crippen molar-refractivity contribution in [2.24, 2.45) is 0 Å². The van der Waals surface area contributed by atoms with Crippen molar-refractivity contribution in [3.05, 3.63) is 77.1 Å². The number of rotatable bonds is 5. The normalized spacial score (nSPS) is 11.0. The molecule has 29 heavy (non-hydrogen) atoms. The first-order chi connectivity index (χ1) is 14.0. The Bertz CT molecular complexity index is 1200. The summed E-state index contributed by atoms with van der Waals surface area (Å²) in [5.41, 5.74) is 5.97. The van der Waals surface area contributed by atoms with Gasteiger partial charge in [-0.2, -0.15) is 5.10 Å². The molecule has 0 fully saturated rings. The SMILES string of the molecule is Cc1ccc(-c2cc3c(SCC(=O)Nc4cccc(Cl)c4)nccn3n2)cc1C. The number of nitrogens with one attached hydrogen (secondary N) is 1. The van der Waals surface area contributed by atoms with E-state index in [1.54, 1.807) is 35.0 Å². The first-order valence-corrected chi connectivity index (χ1v) is 10.5. The van der Waals surface area contributed by atoms with E-state index in [-0.39, 0.29) is 11.7 Å². The first kappa shape index (κ1) is 19.5. The van der Waals surface area contributed by atoms with Crippen LogP contribution in [0, 0.1) is 13.8 Å². The quantitative estimate of drug-likeness (QED) is 0.437. The van der Waals surface area contributed by atoms with Crippen molar-refractivity contribution in [3.63, 3.8) is 0 Å². The highest BCUT2D eigenvalue weighted by Crippen LogP contribution is 2.27. The van der Waals surface area contributed by atoms with E-state index >= 15 is 0 Å². The van der Waals surface area contributed by atoms with Crippen LogP contribution >= 0.6 is 23.4 Å². The van der Waals surface area contributed by atoms with Gasteiger partial charge in [0.05, 0.1) is 17.0 Å². The molecule has 0 spiro atoms. The number of amides is 1. The van der Waals surface area contributed by atoms with Crippen LogP contribution in [-0.4, -0.2) is 26.3 Å². The minimum atomic E-state index is -0.116. The van der Waals surface area contributed by atoms with Crippen LogP contribution in [0.25, 0.3) is 16.8 Å². The van der Waals surface area contributed by atoms with Crippen molar-refractivity contribution in [2.45, 2.75) is 18.9 Å². The van der Waals surface area contributed by atoms with Gasteiger partial charge in [-0.15, -0.1) is 0 Å². The van der Waals surface area contributed by atoms with E-state index in [1.165, 1.54) is 22.9 Å². The Labute approximate surface area is 178 Å². The Kier molecular flexibility index (Phi) is 5.56. The number of aromatic nitrogens is 3. The van der Waals surface area contributed by atoms with Crippen molar-refractivity contribution in [1.29, 1.82) is 0 Å². The first-order valence-electron chi connectivity index (χ1n) is 9.10. The number of carbonyl (C=O) groups is 1. The molecule has 7 heteroatoms. The molecule has 0 aliphatic carbocycles. The summed E-state index contributed by atoms with van der Waals surface area (Å²) in [6.45, 7) is 4.19. The summed E-state index contributed by atoms with van der Waals surface area (Å²) < 4.78 is 1.80. The Morgan fingerprint density at radius 1 is 1.14 bits per heavy atom. The molecule has 0 saturated carbocycles. The largest absolute Gasteiger partial charge is 0.325 e. The van der Waals surface area contributed by atoms with Gasteiger partial charge in [0.1, 0.15) is 5.03 Å². The summed E-state index contributed by atoms with van der Waals surface area (Å²) in [6, 6.07) is 15.4. The lowest BCUT2D eigenvalue weighted by atomic mass is 10.0. The van der Waals surface area contributed by atoms with Crippen LogP contribution in [0.15, 0.2) is 66.0 Å². The van der Waals surface area contributed by atoms with Crippen LogP contribution in [-0.2, 0) is 4.79 Å². The summed E-state index contributed by atoms with van der Waals surface area (Å²) in [7, 11) is 0. The Morgan fingerprint density at radius 3 is 2.79 bits per heavy atom. The van der Waals surface area contributed by atoms with Gasteiger partial charge >= 0.3 is 0 Å². The summed E-state index contributed by atoms with van der Waals surface area (Å²) in [4.78, 5) is 16.7. The summed E-state index contributed by atoms with van der Waals surface area (Å²) in [5.74, 6) is 0.124. The molecule has 146 valence electrons. The Morgan fingerprint density at radius 2 is 2.00 bits per heavy atom. The van der Waals surface area contributed by atoms with Gasteiger partial charge in [-0.1, -0.05) is 41.6 Å². The second-order valence-electron chi connectivity index (χ2n) is 6.74. The lowest BCUT2D eigenvalue weighted by molar-refractivity contribution is -0.113. The van der Waals surface area contributed by atoms with Crippen LogP contribution < -0.4 is 5.32 Å². The number of hydrogen-bond acceptors (Lipinski definition) is 4. The van der Waals surface area contributed by atoms with Gasteiger partial charge in [0, 0.05) is 28.7 Å². The molecule has 0 radical (unpaired) electrons. The third-order valence-corrected chi connectivity index (χ3v) is 5.84. The lowest BCUT2D eigenvalue weighted by Crippen LogP contribution is -2.14. The highest BCUT2D eigenvalue weighted by molar-refractivity contribution is 8.00. The second kappa shape index (κ2) is 8.27. The number of halogens is 1. The Balaban J connectivity index is 1.52. The maximum Gasteiger partial charge on any atom is 0.234 e. The topological polar surface area (TPSA) is 59.3 Å². The van der Waals surface area contributed by atoms with Crippen molar-refractivity contribution < 1.29 is 4.79 Å². The number of benzene rings is 2. The zero-order chi connectivity index (χ0) is 20.4. The van der Waals surface area contributed by atoms with Crippen molar-refractivity contribution in [2.75, 3.05) is 11.1 Å². The van der Waals surface area contributed by atoms with Crippen molar-refractivity contribution in [3.8, 4) is 11.3 Å². The molecule has 1 amide bonds. The third-order valence-electron chi connectivity index (χ3n) is 4.61. The molecule has 5 nitrogen and oxygen atoms in total. The molecule has 4 aromatic rings. The van der Waals surface area contributed by atoms with E-state index < -0.39 is 0 Å². The fraction of sp³-hybridized carbons (Fsp3) is 0.136. The van der Waals surface area contributed by atoms with E-state index in [2.05, 4.69) is 47.4 Å². The van der Waals surface area contributed by atoms with Gasteiger partial charge in [0.25, 0.3) is 0 Å². The van der Waals surface area contributed by atoms with E-state index in [4.69, 9.17) is 11.6 Å². The maximum absolute atomic E-state index is 12.3. The van der Waals surface area contributed by atoms with E-state index in [9.17, 15) is 4.79 Å². The van der Waals surface area contributed by atoms with Crippen molar-refractivity contribution >= 4 is 40.5 Å². The van der Waals surface area contributed by atoms with Crippen LogP contribution in [0.1, 0.15) is 11.1 Å². The van der Waals surface area contributed by atoms with Gasteiger partial charge in [-0.25, -0.2) is 9.50 Å².